The first-order valence-electron chi connectivity index (χ1n) is 12.5. The molecule has 0 aliphatic carbocycles. The molecule has 0 bridgehead atoms. The summed E-state index contributed by atoms with van der Waals surface area (Å²) in [6.07, 6.45) is 1.41. The van der Waals surface area contributed by atoms with Crippen LogP contribution in [0, 0.1) is 0 Å². The van der Waals surface area contributed by atoms with Crippen molar-refractivity contribution in [2.24, 2.45) is 0 Å². The summed E-state index contributed by atoms with van der Waals surface area (Å²) in [5.41, 5.74) is 1.69. The van der Waals surface area contributed by atoms with Crippen LogP contribution in [0.5, 0.6) is 0 Å². The van der Waals surface area contributed by atoms with E-state index in [4.69, 9.17) is 16.3 Å². The number of hydrogen-bond donors (Lipinski definition) is 2. The van der Waals surface area contributed by atoms with Crippen molar-refractivity contribution < 1.29 is 22.7 Å². The number of nitrogens with one attached hydrogen (secondary N) is 2. The van der Waals surface area contributed by atoms with E-state index in [1.165, 1.54) is 12.1 Å². The summed E-state index contributed by atoms with van der Waals surface area (Å²) < 4.78 is 32.3. The predicted octanol–water partition coefficient (Wildman–Crippen LogP) is 3.92. The highest BCUT2D eigenvalue weighted by Crippen LogP contribution is 2.17. The van der Waals surface area contributed by atoms with Crippen molar-refractivity contribution in [2.75, 3.05) is 19.7 Å². The van der Waals surface area contributed by atoms with Gasteiger partial charge in [-0.3, -0.25) is 9.59 Å². The van der Waals surface area contributed by atoms with Crippen molar-refractivity contribution in [3.63, 3.8) is 0 Å². The molecule has 2 amide bonds. The van der Waals surface area contributed by atoms with Gasteiger partial charge in [0.2, 0.25) is 21.8 Å². The van der Waals surface area contributed by atoms with E-state index in [1.807, 2.05) is 26.0 Å². The fourth-order valence-electron chi connectivity index (χ4n) is 3.62. The standard InChI is InChI=1S/C27H38ClN3O5S/c1-5-30-37(34,35)25-14-9-22(10-15-25)11-16-26(32)31(19-23-7-12-24(28)13-8-23)21(4)27(33)29-17-6-18-36-20(2)3/h7-10,12-15,20-21,30H,5-6,11,16-19H2,1-4H3,(H,29,33)/t21-/m0/s1. The maximum Gasteiger partial charge on any atom is 0.242 e. The van der Waals surface area contributed by atoms with Gasteiger partial charge < -0.3 is 15.0 Å². The molecule has 0 unspecified atom stereocenters. The molecule has 0 aromatic heterocycles. The third-order valence-corrected chi connectivity index (χ3v) is 7.51. The molecule has 37 heavy (non-hydrogen) atoms. The van der Waals surface area contributed by atoms with Crippen LogP contribution in [-0.4, -0.2) is 57.0 Å². The smallest absolute Gasteiger partial charge is 0.242 e. The van der Waals surface area contributed by atoms with Crippen LogP contribution >= 0.6 is 11.6 Å². The Morgan fingerprint density at radius 1 is 1.00 bits per heavy atom. The Morgan fingerprint density at radius 2 is 1.62 bits per heavy atom. The van der Waals surface area contributed by atoms with E-state index in [1.54, 1.807) is 43.0 Å². The zero-order valence-electron chi connectivity index (χ0n) is 22.0. The lowest BCUT2D eigenvalue weighted by Crippen LogP contribution is -2.48. The monoisotopic (exact) mass is 551 g/mol. The van der Waals surface area contributed by atoms with Gasteiger partial charge >= 0.3 is 0 Å². The largest absolute Gasteiger partial charge is 0.379 e. The molecule has 0 aliphatic rings. The number of ether oxygens (including phenoxy) is 1. The number of halogens is 1. The average Bonchev–Trinajstić information content (AvgIpc) is 2.86. The normalized spacial score (nSPS) is 12.4. The molecule has 2 N–H and O–H groups in total. The van der Waals surface area contributed by atoms with Crippen LogP contribution < -0.4 is 10.0 Å². The number of nitrogens with zero attached hydrogens (tertiary/aromatic N) is 1. The molecule has 0 aliphatic heterocycles. The molecule has 1 atom stereocenters. The molecule has 204 valence electrons. The number of benzene rings is 2. The van der Waals surface area contributed by atoms with Gasteiger partial charge in [0.1, 0.15) is 6.04 Å². The first-order chi connectivity index (χ1) is 17.5. The first-order valence-corrected chi connectivity index (χ1v) is 14.4. The van der Waals surface area contributed by atoms with Crippen molar-refractivity contribution in [1.82, 2.24) is 14.9 Å². The molecular formula is C27H38ClN3O5S. The van der Waals surface area contributed by atoms with Gasteiger partial charge in [0.15, 0.2) is 0 Å². The van der Waals surface area contributed by atoms with E-state index < -0.39 is 16.1 Å². The van der Waals surface area contributed by atoms with E-state index >= 15 is 0 Å². The molecule has 0 radical (unpaired) electrons. The summed E-state index contributed by atoms with van der Waals surface area (Å²) >= 11 is 6.00. The second kappa shape index (κ2) is 15.1. The molecule has 0 saturated heterocycles. The number of carbonyl (C=O) groups is 2. The Hall–Kier alpha value is -2.46. The molecule has 0 spiro atoms. The Bertz CT molecular complexity index is 1110. The summed E-state index contributed by atoms with van der Waals surface area (Å²) in [6, 6.07) is 13.0. The summed E-state index contributed by atoms with van der Waals surface area (Å²) in [5, 5.41) is 3.49. The second-order valence-corrected chi connectivity index (χ2v) is 11.2. The number of amides is 2. The van der Waals surface area contributed by atoms with E-state index in [9.17, 15) is 18.0 Å². The van der Waals surface area contributed by atoms with Crippen molar-refractivity contribution in [2.45, 2.75) is 70.5 Å². The van der Waals surface area contributed by atoms with E-state index in [0.717, 1.165) is 11.1 Å². The molecule has 2 rings (SSSR count). The van der Waals surface area contributed by atoms with Crippen molar-refractivity contribution in [1.29, 1.82) is 0 Å². The van der Waals surface area contributed by atoms with Gasteiger partial charge in [-0.1, -0.05) is 42.8 Å². The summed E-state index contributed by atoms with van der Waals surface area (Å²) in [7, 11) is -3.53. The van der Waals surface area contributed by atoms with Gasteiger partial charge in [0.05, 0.1) is 11.0 Å². The number of rotatable bonds is 15. The van der Waals surface area contributed by atoms with Crippen LogP contribution in [0.2, 0.25) is 5.02 Å². The molecule has 8 nitrogen and oxygen atoms in total. The van der Waals surface area contributed by atoms with Crippen molar-refractivity contribution >= 4 is 33.4 Å². The Balaban J connectivity index is 2.06. The quantitative estimate of drug-likeness (QED) is 0.326. The highest BCUT2D eigenvalue weighted by molar-refractivity contribution is 7.89. The molecule has 10 heteroatoms. The minimum Gasteiger partial charge on any atom is -0.379 e. The van der Waals surface area contributed by atoms with Gasteiger partial charge in [-0.05, 0) is 69.0 Å². The number of hydrogen-bond acceptors (Lipinski definition) is 5. The minimum atomic E-state index is -3.53. The van der Waals surface area contributed by atoms with Gasteiger partial charge in [-0.2, -0.15) is 0 Å². The number of sulfonamides is 1. The van der Waals surface area contributed by atoms with Crippen LogP contribution in [0.4, 0.5) is 0 Å². The lowest BCUT2D eigenvalue weighted by Gasteiger charge is -2.29. The highest BCUT2D eigenvalue weighted by atomic mass is 35.5. The van der Waals surface area contributed by atoms with E-state index in [2.05, 4.69) is 10.0 Å². The molecular weight excluding hydrogens is 514 g/mol. The van der Waals surface area contributed by atoms with Crippen molar-refractivity contribution in [3.8, 4) is 0 Å². The fourth-order valence-corrected chi connectivity index (χ4v) is 4.79. The van der Waals surface area contributed by atoms with E-state index in [-0.39, 0.29) is 35.8 Å². The lowest BCUT2D eigenvalue weighted by atomic mass is 10.1. The Kier molecular flexibility index (Phi) is 12.5. The molecule has 2 aromatic rings. The highest BCUT2D eigenvalue weighted by Gasteiger charge is 2.26. The van der Waals surface area contributed by atoms with Crippen molar-refractivity contribution in [3.05, 3.63) is 64.7 Å². The summed E-state index contributed by atoms with van der Waals surface area (Å²) in [5.74, 6) is -0.407. The summed E-state index contributed by atoms with van der Waals surface area (Å²) in [6.45, 7) is 8.93. The SMILES string of the molecule is CCNS(=O)(=O)c1ccc(CCC(=O)N(Cc2ccc(Cl)cc2)[C@@H](C)C(=O)NCCCOC(C)C)cc1. The second-order valence-electron chi connectivity index (χ2n) is 9.03. The van der Waals surface area contributed by atoms with Gasteiger partial charge in [0.25, 0.3) is 0 Å². The Labute approximate surface area is 225 Å². The zero-order valence-corrected chi connectivity index (χ0v) is 23.6. The predicted molar refractivity (Wildman–Crippen MR) is 146 cm³/mol. The van der Waals surface area contributed by atoms with E-state index in [0.29, 0.717) is 37.6 Å². The van der Waals surface area contributed by atoms with Crippen LogP contribution in [0.1, 0.15) is 51.7 Å². The maximum atomic E-state index is 13.3. The third-order valence-electron chi connectivity index (χ3n) is 5.70. The summed E-state index contributed by atoms with van der Waals surface area (Å²) in [4.78, 5) is 27.9. The first kappa shape index (κ1) is 30.8. The minimum absolute atomic E-state index is 0.135. The van der Waals surface area contributed by atoms with Gasteiger partial charge in [-0.15, -0.1) is 0 Å². The van der Waals surface area contributed by atoms with Crippen LogP contribution in [-0.2, 0) is 37.3 Å². The van der Waals surface area contributed by atoms with Crippen LogP contribution in [0.25, 0.3) is 0 Å². The topological polar surface area (TPSA) is 105 Å². The molecule has 0 saturated carbocycles. The maximum absolute atomic E-state index is 13.3. The number of aryl methyl sites for hydroxylation is 1. The van der Waals surface area contributed by atoms with Gasteiger partial charge in [0, 0.05) is 37.7 Å². The van der Waals surface area contributed by atoms with Crippen LogP contribution in [0.15, 0.2) is 53.4 Å². The Morgan fingerprint density at radius 3 is 2.22 bits per heavy atom. The third kappa shape index (κ3) is 10.4. The number of carbonyl (C=O) groups excluding carboxylic acids is 2. The average molecular weight is 552 g/mol. The molecule has 0 heterocycles. The lowest BCUT2D eigenvalue weighted by molar-refractivity contribution is -0.140. The molecule has 2 aromatic carbocycles. The van der Waals surface area contributed by atoms with Crippen LogP contribution in [0.3, 0.4) is 0 Å². The zero-order chi connectivity index (χ0) is 27.4. The fraction of sp³-hybridized carbons (Fsp3) is 0.481. The van der Waals surface area contributed by atoms with Gasteiger partial charge in [-0.25, -0.2) is 13.1 Å². The molecule has 0 fully saturated rings.